The molecule has 0 spiro atoms. The molecule has 2 aliphatic carbocycles. The topological polar surface area (TPSA) is 27.7 Å². The Balaban J connectivity index is 1.84. The molecule has 0 aromatic carbocycles. The van der Waals surface area contributed by atoms with E-state index in [-0.39, 0.29) is 0 Å². The molecule has 3 nitrogen and oxygen atoms in total. The van der Waals surface area contributed by atoms with Crippen LogP contribution in [0.5, 0.6) is 0 Å². The predicted molar refractivity (Wildman–Crippen MR) is 114 cm³/mol. The van der Waals surface area contributed by atoms with E-state index in [1.54, 1.807) is 0 Å². The van der Waals surface area contributed by atoms with Gasteiger partial charge in [0.05, 0.1) is 4.87 Å². The molecule has 0 saturated heterocycles. The van der Waals surface area contributed by atoms with Crippen molar-refractivity contribution in [3.8, 4) is 0 Å². The Kier molecular flexibility index (Phi) is 9.75. The van der Waals surface area contributed by atoms with Crippen molar-refractivity contribution in [2.45, 2.75) is 75.8 Å². The van der Waals surface area contributed by atoms with Crippen molar-refractivity contribution in [2.24, 2.45) is 5.92 Å². The van der Waals surface area contributed by atoms with E-state index in [9.17, 15) is 0 Å². The Morgan fingerprint density at radius 3 is 1.96 bits per heavy atom. The van der Waals surface area contributed by atoms with Crippen LogP contribution in [-0.2, 0) is 13.3 Å². The third kappa shape index (κ3) is 5.50. The Morgan fingerprint density at radius 1 is 0.958 bits per heavy atom. The van der Waals surface area contributed by atoms with Crippen LogP contribution in [0, 0.1) is 5.92 Å². The fourth-order valence-corrected chi connectivity index (χ4v) is 17.0. The lowest BCUT2D eigenvalue weighted by atomic mass is 10.0. The summed E-state index contributed by atoms with van der Waals surface area (Å²) in [6, 6.07) is 0. The van der Waals surface area contributed by atoms with Crippen molar-refractivity contribution in [3.63, 3.8) is 0 Å². The first-order valence-corrected chi connectivity index (χ1v) is 15.9. The molecule has 1 atom stereocenters. The van der Waals surface area contributed by atoms with Gasteiger partial charge in [-0.05, 0) is 84.9 Å². The molecule has 0 radical (unpaired) electrons. The summed E-state index contributed by atoms with van der Waals surface area (Å²) in [5, 5.41) is 0. The van der Waals surface area contributed by atoms with Crippen molar-refractivity contribution in [1.29, 1.82) is 0 Å². The zero-order valence-corrected chi connectivity index (χ0v) is 19.6. The van der Waals surface area contributed by atoms with Crippen LogP contribution in [-0.4, -0.2) is 38.2 Å². The second kappa shape index (κ2) is 10.7. The maximum absolute atomic E-state index is 6.09. The predicted octanol–water partition coefficient (Wildman–Crippen LogP) is 6.36. The van der Waals surface area contributed by atoms with E-state index in [0.717, 1.165) is 12.3 Å². The van der Waals surface area contributed by atoms with Crippen LogP contribution in [0.25, 0.3) is 0 Å². The van der Waals surface area contributed by atoms with Gasteiger partial charge in [-0.15, -0.1) is 0 Å². The zero-order chi connectivity index (χ0) is 17.5. The van der Waals surface area contributed by atoms with Gasteiger partial charge in [0.2, 0.25) is 0 Å². The molecule has 1 unspecified atom stereocenters. The molecule has 24 heavy (non-hydrogen) atoms. The van der Waals surface area contributed by atoms with E-state index in [2.05, 4.69) is 17.7 Å². The van der Waals surface area contributed by atoms with E-state index < -0.39 is 8.80 Å². The summed E-state index contributed by atoms with van der Waals surface area (Å²) >= 11 is 0. The van der Waals surface area contributed by atoms with Gasteiger partial charge < -0.3 is 13.3 Å². The van der Waals surface area contributed by atoms with Gasteiger partial charge in [-0.1, -0.05) is 28.5 Å². The van der Waals surface area contributed by atoms with E-state index in [1.165, 1.54) is 32.1 Å². The van der Waals surface area contributed by atoms with E-state index in [4.69, 9.17) is 13.3 Å². The van der Waals surface area contributed by atoms with Crippen LogP contribution in [0.15, 0.2) is 0 Å². The fourth-order valence-electron chi connectivity index (χ4n) is 3.79. The van der Waals surface area contributed by atoms with Crippen molar-refractivity contribution in [3.05, 3.63) is 0 Å². The van der Waals surface area contributed by atoms with Crippen molar-refractivity contribution in [1.82, 2.24) is 0 Å². The normalized spacial score (nSPS) is 27.8. The van der Waals surface area contributed by atoms with Gasteiger partial charge in [0.1, 0.15) is 0 Å². The molecule has 142 valence electrons. The molecular formula is C16H32O3S4Si. The highest BCUT2D eigenvalue weighted by molar-refractivity contribution is 9.26. The molecule has 0 amide bonds. The minimum atomic E-state index is -2.61. The SMILES string of the molecule is CCO[Si](OCC)(OCC)C(CC)SSSSC12CCC(CC1)C2. The Morgan fingerprint density at radius 2 is 1.54 bits per heavy atom. The second-order valence-electron chi connectivity index (χ2n) is 6.45. The molecule has 0 aromatic rings. The Hall–Kier alpha value is 1.50. The van der Waals surface area contributed by atoms with Crippen LogP contribution >= 0.6 is 41.2 Å². The third-order valence-electron chi connectivity index (χ3n) is 4.87. The quantitative estimate of drug-likeness (QED) is 0.191. The van der Waals surface area contributed by atoms with Crippen LogP contribution in [0.4, 0.5) is 0 Å². The van der Waals surface area contributed by atoms with Crippen LogP contribution in [0.1, 0.15) is 66.2 Å². The second-order valence-corrected chi connectivity index (χ2v) is 16.0. The Bertz CT molecular complexity index is 350. The standard InChI is InChI=1S/C16H32O3S4Si/c1-5-15(24(17-6-2,18-7-3)19-8-4)20-22-23-21-16-11-9-14(13-16)10-12-16/h14-15H,5-13H2,1-4H3. The summed E-state index contributed by atoms with van der Waals surface area (Å²) in [4.78, 5) is 0.299. The highest BCUT2D eigenvalue weighted by atomic mass is 33.7. The van der Waals surface area contributed by atoms with Crippen LogP contribution < -0.4 is 0 Å². The van der Waals surface area contributed by atoms with Gasteiger partial charge >= 0.3 is 8.80 Å². The van der Waals surface area contributed by atoms with Crippen LogP contribution in [0.2, 0.25) is 0 Å². The maximum Gasteiger partial charge on any atom is 0.515 e. The molecule has 8 heteroatoms. The molecule has 2 fully saturated rings. The summed E-state index contributed by atoms with van der Waals surface area (Å²) in [7, 11) is 5.29. The van der Waals surface area contributed by atoms with Gasteiger partial charge in [-0.2, -0.15) is 0 Å². The van der Waals surface area contributed by atoms with Gasteiger partial charge in [0, 0.05) is 24.6 Å². The van der Waals surface area contributed by atoms with E-state index in [0.29, 0.717) is 29.4 Å². The first-order chi connectivity index (χ1) is 11.6. The molecule has 0 aliphatic heterocycles. The number of hydrogen-bond donors (Lipinski definition) is 0. The number of rotatable bonds is 13. The highest BCUT2D eigenvalue weighted by Gasteiger charge is 2.49. The lowest BCUT2D eigenvalue weighted by molar-refractivity contribution is 0.0693. The summed E-state index contributed by atoms with van der Waals surface area (Å²) in [6.45, 7) is 10.3. The monoisotopic (exact) mass is 428 g/mol. The zero-order valence-electron chi connectivity index (χ0n) is 15.4. The lowest BCUT2D eigenvalue weighted by Gasteiger charge is -2.34. The largest absolute Gasteiger partial charge is 0.515 e. The average Bonchev–Trinajstić information content (AvgIpc) is 3.16. The van der Waals surface area contributed by atoms with Gasteiger partial charge in [0.15, 0.2) is 0 Å². The molecule has 2 aliphatic rings. The highest BCUT2D eigenvalue weighted by Crippen LogP contribution is 2.62. The first-order valence-electron chi connectivity index (χ1n) is 9.23. The molecular weight excluding hydrogens is 397 g/mol. The van der Waals surface area contributed by atoms with Gasteiger partial charge in [-0.25, -0.2) is 0 Å². The fraction of sp³-hybridized carbons (Fsp3) is 1.00. The number of hydrogen-bond acceptors (Lipinski definition) is 7. The molecule has 0 heterocycles. The summed E-state index contributed by atoms with van der Waals surface area (Å²) in [5.74, 6) is 1.02. The Labute approximate surface area is 164 Å². The third-order valence-corrected chi connectivity index (χ3v) is 17.3. The minimum Gasteiger partial charge on any atom is -0.373 e. The minimum absolute atomic E-state index is 0.299. The van der Waals surface area contributed by atoms with Crippen molar-refractivity contribution in [2.75, 3.05) is 19.8 Å². The van der Waals surface area contributed by atoms with Gasteiger partial charge in [-0.3, -0.25) is 0 Å². The molecule has 0 aromatic heterocycles. The average molecular weight is 429 g/mol. The van der Waals surface area contributed by atoms with E-state index >= 15 is 0 Å². The molecule has 2 bridgehead atoms. The maximum atomic E-state index is 6.09. The lowest BCUT2D eigenvalue weighted by Crippen LogP contribution is -2.54. The molecule has 2 saturated carbocycles. The molecule has 0 N–H and O–H groups in total. The smallest absolute Gasteiger partial charge is 0.373 e. The van der Waals surface area contributed by atoms with Gasteiger partial charge in [0.25, 0.3) is 0 Å². The van der Waals surface area contributed by atoms with Crippen molar-refractivity contribution < 1.29 is 13.3 Å². The first kappa shape index (κ1) is 21.8. The van der Waals surface area contributed by atoms with Crippen LogP contribution in [0.3, 0.4) is 0 Å². The number of fused-ring (bicyclic) bond motifs is 2. The summed E-state index contributed by atoms with van der Waals surface area (Å²) in [6.07, 6.45) is 8.22. The van der Waals surface area contributed by atoms with Crippen molar-refractivity contribution >= 4 is 50.0 Å². The van der Waals surface area contributed by atoms with E-state index in [1.807, 2.05) is 51.2 Å². The summed E-state index contributed by atoms with van der Waals surface area (Å²) < 4.78 is 18.8. The summed E-state index contributed by atoms with van der Waals surface area (Å²) in [5.41, 5.74) is 0. The molecule has 2 rings (SSSR count).